The second kappa shape index (κ2) is 5.63. The molecule has 1 rings (SSSR count). The summed E-state index contributed by atoms with van der Waals surface area (Å²) in [5, 5.41) is 8.62. The van der Waals surface area contributed by atoms with Crippen LogP contribution in [0.5, 0.6) is 0 Å². The predicted molar refractivity (Wildman–Crippen MR) is 60.7 cm³/mol. The Kier molecular flexibility index (Phi) is 4.73. The van der Waals surface area contributed by atoms with Crippen molar-refractivity contribution in [2.24, 2.45) is 0 Å². The van der Waals surface area contributed by atoms with Gasteiger partial charge in [0.2, 0.25) is 10.0 Å². The molecule has 0 spiro atoms. The number of hydrogen-bond acceptors (Lipinski definition) is 3. The molecule has 0 aliphatic heterocycles. The first-order valence-electron chi connectivity index (χ1n) is 5.68. The molecule has 16 heavy (non-hydrogen) atoms. The number of rotatable bonds is 6. The van der Waals surface area contributed by atoms with E-state index in [4.69, 9.17) is 5.11 Å². The van der Waals surface area contributed by atoms with Crippen LogP contribution in [-0.4, -0.2) is 42.1 Å². The summed E-state index contributed by atoms with van der Waals surface area (Å²) >= 11 is 0. The van der Waals surface area contributed by atoms with Crippen LogP contribution in [0, 0.1) is 0 Å². The smallest absolute Gasteiger partial charge is 0.304 e. The number of carboxylic acid groups (broad SMARTS) is 1. The van der Waals surface area contributed by atoms with Gasteiger partial charge in [-0.05, 0) is 19.8 Å². The van der Waals surface area contributed by atoms with Crippen molar-refractivity contribution in [1.29, 1.82) is 0 Å². The Morgan fingerprint density at radius 1 is 1.38 bits per heavy atom. The summed E-state index contributed by atoms with van der Waals surface area (Å²) in [5.41, 5.74) is 0. The molecule has 0 atom stereocenters. The molecule has 0 bridgehead atoms. The van der Waals surface area contributed by atoms with Crippen molar-refractivity contribution in [3.05, 3.63) is 0 Å². The zero-order chi connectivity index (χ0) is 12.2. The van der Waals surface area contributed by atoms with Gasteiger partial charge in [-0.25, -0.2) is 8.42 Å². The number of nitrogens with zero attached hydrogens (tertiary/aromatic N) is 1. The first-order valence-corrected chi connectivity index (χ1v) is 7.29. The molecule has 0 aromatic heterocycles. The number of sulfonamides is 1. The van der Waals surface area contributed by atoms with Gasteiger partial charge in [-0.2, -0.15) is 4.31 Å². The van der Waals surface area contributed by atoms with E-state index in [9.17, 15) is 13.2 Å². The Morgan fingerprint density at radius 2 is 1.94 bits per heavy atom. The van der Waals surface area contributed by atoms with Gasteiger partial charge < -0.3 is 5.11 Å². The maximum Gasteiger partial charge on any atom is 0.304 e. The van der Waals surface area contributed by atoms with E-state index >= 15 is 0 Å². The molecule has 1 aliphatic rings. The average molecular weight is 249 g/mol. The molecular weight excluding hydrogens is 230 g/mol. The average Bonchev–Trinajstić information content (AvgIpc) is 2.70. The first kappa shape index (κ1) is 13.4. The van der Waals surface area contributed by atoms with E-state index in [0.717, 1.165) is 25.7 Å². The fourth-order valence-electron chi connectivity index (χ4n) is 2.11. The number of carbonyl (C=O) groups is 1. The van der Waals surface area contributed by atoms with Crippen molar-refractivity contribution < 1.29 is 18.3 Å². The molecule has 1 saturated carbocycles. The molecule has 5 nitrogen and oxygen atoms in total. The first-order chi connectivity index (χ1) is 7.47. The molecule has 0 radical (unpaired) electrons. The molecule has 0 aromatic carbocycles. The van der Waals surface area contributed by atoms with Crippen LogP contribution in [0.1, 0.15) is 39.0 Å². The monoisotopic (exact) mass is 249 g/mol. The summed E-state index contributed by atoms with van der Waals surface area (Å²) in [4.78, 5) is 10.5. The Balaban J connectivity index is 2.72. The van der Waals surface area contributed by atoms with Crippen LogP contribution >= 0.6 is 0 Å². The van der Waals surface area contributed by atoms with Crippen molar-refractivity contribution in [2.45, 2.75) is 45.1 Å². The van der Waals surface area contributed by atoms with Crippen LogP contribution in [0.15, 0.2) is 0 Å². The van der Waals surface area contributed by atoms with Gasteiger partial charge in [0.1, 0.15) is 0 Å². The lowest BCUT2D eigenvalue weighted by atomic mass is 10.2. The zero-order valence-electron chi connectivity index (χ0n) is 9.55. The van der Waals surface area contributed by atoms with Crippen LogP contribution in [-0.2, 0) is 14.8 Å². The van der Waals surface area contributed by atoms with E-state index in [-0.39, 0.29) is 24.8 Å². The highest BCUT2D eigenvalue weighted by molar-refractivity contribution is 7.89. The van der Waals surface area contributed by atoms with E-state index in [0.29, 0.717) is 0 Å². The lowest BCUT2D eigenvalue weighted by Crippen LogP contribution is -2.41. The predicted octanol–water partition coefficient (Wildman–Crippen LogP) is 1.06. The van der Waals surface area contributed by atoms with Gasteiger partial charge in [-0.15, -0.1) is 0 Å². The second-order valence-corrected chi connectivity index (χ2v) is 6.30. The molecule has 0 aromatic rings. The van der Waals surface area contributed by atoms with E-state index in [1.165, 1.54) is 4.31 Å². The SMILES string of the molecule is CCS(=O)(=O)N(CCC(=O)O)C1CCCC1. The van der Waals surface area contributed by atoms with Crippen LogP contribution in [0.25, 0.3) is 0 Å². The Bertz CT molecular complexity index is 333. The number of carboxylic acids is 1. The molecule has 1 N–H and O–H groups in total. The van der Waals surface area contributed by atoms with E-state index in [1.54, 1.807) is 6.92 Å². The highest BCUT2D eigenvalue weighted by atomic mass is 32.2. The summed E-state index contributed by atoms with van der Waals surface area (Å²) in [6.45, 7) is 1.70. The third-order valence-corrected chi connectivity index (χ3v) is 4.93. The molecule has 94 valence electrons. The van der Waals surface area contributed by atoms with Crippen molar-refractivity contribution in [2.75, 3.05) is 12.3 Å². The Morgan fingerprint density at radius 3 is 2.38 bits per heavy atom. The zero-order valence-corrected chi connectivity index (χ0v) is 10.4. The quantitative estimate of drug-likeness (QED) is 0.763. The highest BCUT2D eigenvalue weighted by Crippen LogP contribution is 2.25. The van der Waals surface area contributed by atoms with Gasteiger partial charge in [0.05, 0.1) is 12.2 Å². The van der Waals surface area contributed by atoms with Crippen molar-refractivity contribution in [1.82, 2.24) is 4.31 Å². The van der Waals surface area contributed by atoms with E-state index < -0.39 is 16.0 Å². The summed E-state index contributed by atoms with van der Waals surface area (Å²) in [6.07, 6.45) is 3.67. The number of hydrogen-bond donors (Lipinski definition) is 1. The highest BCUT2D eigenvalue weighted by Gasteiger charge is 2.30. The fourth-order valence-corrected chi connectivity index (χ4v) is 3.48. The van der Waals surface area contributed by atoms with Gasteiger partial charge in [-0.1, -0.05) is 12.8 Å². The minimum atomic E-state index is -3.27. The van der Waals surface area contributed by atoms with Crippen LogP contribution in [0.4, 0.5) is 0 Å². The van der Waals surface area contributed by atoms with Crippen molar-refractivity contribution in [3.8, 4) is 0 Å². The molecule has 0 saturated heterocycles. The standard InChI is InChI=1S/C10H19NO4S/c1-2-16(14,15)11(8-7-10(12)13)9-5-3-4-6-9/h9H,2-8H2,1H3,(H,12,13). The van der Waals surface area contributed by atoms with E-state index in [1.807, 2.05) is 0 Å². The van der Waals surface area contributed by atoms with Gasteiger partial charge in [0, 0.05) is 12.6 Å². The maximum absolute atomic E-state index is 11.8. The lowest BCUT2D eigenvalue weighted by molar-refractivity contribution is -0.137. The number of aliphatic carboxylic acids is 1. The minimum Gasteiger partial charge on any atom is -0.481 e. The van der Waals surface area contributed by atoms with Gasteiger partial charge in [-0.3, -0.25) is 4.79 Å². The Labute approximate surface area is 96.5 Å². The summed E-state index contributed by atoms with van der Waals surface area (Å²) in [7, 11) is -3.27. The maximum atomic E-state index is 11.8. The van der Waals surface area contributed by atoms with Crippen LogP contribution in [0.3, 0.4) is 0 Å². The summed E-state index contributed by atoms with van der Waals surface area (Å²) < 4.78 is 25.1. The minimum absolute atomic E-state index is 0.0179. The molecule has 1 fully saturated rings. The topological polar surface area (TPSA) is 74.7 Å². The van der Waals surface area contributed by atoms with Gasteiger partial charge in [0.15, 0.2) is 0 Å². The normalized spacial score (nSPS) is 18.1. The third kappa shape index (κ3) is 3.45. The van der Waals surface area contributed by atoms with Crippen molar-refractivity contribution >= 4 is 16.0 Å². The molecule has 1 aliphatic carbocycles. The second-order valence-electron chi connectivity index (χ2n) is 4.09. The third-order valence-electron chi connectivity index (χ3n) is 3.00. The van der Waals surface area contributed by atoms with Crippen LogP contribution < -0.4 is 0 Å². The van der Waals surface area contributed by atoms with E-state index in [2.05, 4.69) is 0 Å². The molecule has 6 heteroatoms. The molecule has 0 amide bonds. The van der Waals surface area contributed by atoms with Gasteiger partial charge in [0.25, 0.3) is 0 Å². The lowest BCUT2D eigenvalue weighted by Gasteiger charge is -2.26. The fraction of sp³-hybridized carbons (Fsp3) is 0.900. The molecule has 0 unspecified atom stereocenters. The molecule has 0 heterocycles. The largest absolute Gasteiger partial charge is 0.481 e. The summed E-state index contributed by atoms with van der Waals surface area (Å²) in [5.74, 6) is -0.905. The molecular formula is C10H19NO4S. The summed E-state index contributed by atoms with van der Waals surface area (Å²) in [6, 6.07) is 0.0179. The van der Waals surface area contributed by atoms with Gasteiger partial charge >= 0.3 is 5.97 Å². The van der Waals surface area contributed by atoms with Crippen LogP contribution in [0.2, 0.25) is 0 Å². The Hall–Kier alpha value is -0.620. The van der Waals surface area contributed by atoms with Crippen molar-refractivity contribution in [3.63, 3.8) is 0 Å².